The molecule has 1 heteroatoms. The first-order valence-electron chi connectivity index (χ1n) is 12.5. The summed E-state index contributed by atoms with van der Waals surface area (Å²) in [6.07, 6.45) is 27.4. The average Bonchev–Trinajstić information content (AvgIpc) is 2.65. The Morgan fingerprint density at radius 3 is 1.35 bits per heavy atom. The lowest BCUT2D eigenvalue weighted by molar-refractivity contribution is 0.445. The predicted octanol–water partition coefficient (Wildman–Crippen LogP) is 8.66. The highest BCUT2D eigenvalue weighted by Gasteiger charge is 2.01. The quantitative estimate of drug-likeness (QED) is 0.189. The summed E-state index contributed by atoms with van der Waals surface area (Å²) in [6.45, 7) is 9.45. The van der Waals surface area contributed by atoms with Crippen LogP contribution in [0.15, 0.2) is 0 Å². The van der Waals surface area contributed by atoms with E-state index in [1.165, 1.54) is 135 Å². The monoisotopic (exact) mass is 367 g/mol. The Balaban J connectivity index is 3.09. The van der Waals surface area contributed by atoms with Crippen LogP contribution in [0.4, 0.5) is 0 Å². The van der Waals surface area contributed by atoms with Gasteiger partial charge in [-0.25, -0.2) is 0 Å². The molecule has 0 aromatic carbocycles. The second-order valence-corrected chi connectivity index (χ2v) is 8.75. The molecule has 0 rings (SSSR count). The van der Waals surface area contributed by atoms with E-state index in [4.69, 9.17) is 0 Å². The van der Waals surface area contributed by atoms with Gasteiger partial charge < -0.3 is 5.32 Å². The second-order valence-electron chi connectivity index (χ2n) is 8.75. The predicted molar refractivity (Wildman–Crippen MR) is 121 cm³/mol. The highest BCUT2D eigenvalue weighted by atomic mass is 14.8. The summed E-state index contributed by atoms with van der Waals surface area (Å²) >= 11 is 0. The van der Waals surface area contributed by atoms with Gasteiger partial charge in [-0.1, -0.05) is 130 Å². The van der Waals surface area contributed by atoms with Crippen molar-refractivity contribution < 1.29 is 0 Å². The SMILES string of the molecule is CCCCCCCCCCCCCCCCC(C)CNCCCCCC. The van der Waals surface area contributed by atoms with Crippen LogP contribution in [0.5, 0.6) is 0 Å². The first-order chi connectivity index (χ1) is 12.8. The highest BCUT2D eigenvalue weighted by Crippen LogP contribution is 2.14. The molecular weight excluding hydrogens is 314 g/mol. The van der Waals surface area contributed by atoms with Crippen molar-refractivity contribution in [2.75, 3.05) is 13.1 Å². The van der Waals surface area contributed by atoms with Crippen molar-refractivity contribution in [1.29, 1.82) is 0 Å². The molecular formula is C25H53N. The third-order valence-electron chi connectivity index (χ3n) is 5.75. The molecule has 158 valence electrons. The normalized spacial score (nSPS) is 12.6. The van der Waals surface area contributed by atoms with E-state index in [0.717, 1.165) is 5.92 Å². The zero-order chi connectivity index (χ0) is 19.1. The topological polar surface area (TPSA) is 12.0 Å². The third-order valence-corrected chi connectivity index (χ3v) is 5.75. The Morgan fingerprint density at radius 2 is 0.885 bits per heavy atom. The van der Waals surface area contributed by atoms with Crippen LogP contribution >= 0.6 is 0 Å². The zero-order valence-electron chi connectivity index (χ0n) is 18.9. The van der Waals surface area contributed by atoms with Gasteiger partial charge in [0.25, 0.3) is 0 Å². The van der Waals surface area contributed by atoms with Crippen molar-refractivity contribution >= 4 is 0 Å². The number of nitrogens with one attached hydrogen (secondary N) is 1. The summed E-state index contributed by atoms with van der Waals surface area (Å²) in [5, 5.41) is 3.64. The van der Waals surface area contributed by atoms with E-state index in [1.54, 1.807) is 0 Å². The molecule has 1 nitrogen and oxygen atoms in total. The number of hydrogen-bond donors (Lipinski definition) is 1. The van der Waals surface area contributed by atoms with Crippen molar-refractivity contribution in [3.63, 3.8) is 0 Å². The fourth-order valence-electron chi connectivity index (χ4n) is 3.81. The lowest BCUT2D eigenvalue weighted by Gasteiger charge is -2.12. The Kier molecular flexibility index (Phi) is 23.0. The first kappa shape index (κ1) is 26.0. The van der Waals surface area contributed by atoms with Crippen LogP contribution in [0.3, 0.4) is 0 Å². The third kappa shape index (κ3) is 22.0. The molecule has 0 spiro atoms. The van der Waals surface area contributed by atoms with Crippen LogP contribution in [-0.2, 0) is 0 Å². The van der Waals surface area contributed by atoms with Crippen molar-refractivity contribution in [3.05, 3.63) is 0 Å². The van der Waals surface area contributed by atoms with E-state index in [1.807, 2.05) is 0 Å². The molecule has 0 heterocycles. The largest absolute Gasteiger partial charge is 0.316 e. The van der Waals surface area contributed by atoms with E-state index in [9.17, 15) is 0 Å². The maximum atomic E-state index is 3.64. The van der Waals surface area contributed by atoms with Crippen LogP contribution in [-0.4, -0.2) is 13.1 Å². The minimum absolute atomic E-state index is 0.860. The van der Waals surface area contributed by atoms with E-state index in [0.29, 0.717) is 0 Å². The van der Waals surface area contributed by atoms with Crippen LogP contribution in [0.1, 0.15) is 143 Å². The second kappa shape index (κ2) is 23.0. The molecule has 0 saturated heterocycles. The highest BCUT2D eigenvalue weighted by molar-refractivity contribution is 4.58. The van der Waals surface area contributed by atoms with Gasteiger partial charge in [-0.3, -0.25) is 0 Å². The van der Waals surface area contributed by atoms with Crippen molar-refractivity contribution in [1.82, 2.24) is 5.32 Å². The molecule has 0 aliphatic heterocycles. The van der Waals surface area contributed by atoms with Gasteiger partial charge in [-0.15, -0.1) is 0 Å². The van der Waals surface area contributed by atoms with Gasteiger partial charge in [0, 0.05) is 0 Å². The molecule has 1 unspecified atom stereocenters. The fraction of sp³-hybridized carbons (Fsp3) is 1.00. The zero-order valence-corrected chi connectivity index (χ0v) is 18.9. The van der Waals surface area contributed by atoms with Gasteiger partial charge in [0.2, 0.25) is 0 Å². The molecule has 0 aromatic heterocycles. The Labute approximate surface area is 167 Å². The van der Waals surface area contributed by atoms with Gasteiger partial charge >= 0.3 is 0 Å². The Morgan fingerprint density at radius 1 is 0.500 bits per heavy atom. The van der Waals surface area contributed by atoms with Gasteiger partial charge in [-0.05, 0) is 31.8 Å². The molecule has 0 radical (unpaired) electrons. The maximum absolute atomic E-state index is 3.64. The van der Waals surface area contributed by atoms with Crippen LogP contribution in [0.2, 0.25) is 0 Å². The lowest BCUT2D eigenvalue weighted by atomic mass is 10.0. The van der Waals surface area contributed by atoms with E-state index in [-0.39, 0.29) is 0 Å². The molecule has 0 saturated carbocycles. The molecule has 0 amide bonds. The fourth-order valence-corrected chi connectivity index (χ4v) is 3.81. The summed E-state index contributed by atoms with van der Waals surface area (Å²) in [4.78, 5) is 0. The standard InChI is InChI=1S/C25H53N/c1-4-6-8-10-11-12-13-14-15-16-17-18-19-20-22-25(3)24-26-23-21-9-7-5-2/h25-26H,4-24H2,1-3H3. The van der Waals surface area contributed by atoms with E-state index in [2.05, 4.69) is 26.1 Å². The number of rotatable bonds is 22. The minimum Gasteiger partial charge on any atom is -0.316 e. The summed E-state index contributed by atoms with van der Waals surface area (Å²) in [7, 11) is 0. The minimum atomic E-state index is 0.860. The lowest BCUT2D eigenvalue weighted by Crippen LogP contribution is -2.22. The summed E-state index contributed by atoms with van der Waals surface area (Å²) in [6, 6.07) is 0. The Bertz CT molecular complexity index is 238. The summed E-state index contributed by atoms with van der Waals surface area (Å²) < 4.78 is 0. The van der Waals surface area contributed by atoms with E-state index >= 15 is 0 Å². The smallest absolute Gasteiger partial charge is 0.00232 e. The molecule has 0 fully saturated rings. The van der Waals surface area contributed by atoms with Gasteiger partial charge in [0.15, 0.2) is 0 Å². The van der Waals surface area contributed by atoms with Crippen LogP contribution in [0, 0.1) is 5.92 Å². The average molecular weight is 368 g/mol. The molecule has 0 aliphatic rings. The van der Waals surface area contributed by atoms with Crippen LogP contribution in [0.25, 0.3) is 0 Å². The molecule has 0 aliphatic carbocycles. The molecule has 26 heavy (non-hydrogen) atoms. The summed E-state index contributed by atoms with van der Waals surface area (Å²) in [5.74, 6) is 0.860. The molecule has 0 bridgehead atoms. The van der Waals surface area contributed by atoms with Gasteiger partial charge in [0.1, 0.15) is 0 Å². The Hall–Kier alpha value is -0.0400. The van der Waals surface area contributed by atoms with Crippen LogP contribution < -0.4 is 5.32 Å². The van der Waals surface area contributed by atoms with Gasteiger partial charge in [0.05, 0.1) is 0 Å². The molecule has 0 aromatic rings. The number of hydrogen-bond acceptors (Lipinski definition) is 1. The molecule has 1 N–H and O–H groups in total. The van der Waals surface area contributed by atoms with E-state index < -0.39 is 0 Å². The maximum Gasteiger partial charge on any atom is -0.00232 e. The van der Waals surface area contributed by atoms with Gasteiger partial charge in [-0.2, -0.15) is 0 Å². The molecule has 1 atom stereocenters. The van der Waals surface area contributed by atoms with Crippen molar-refractivity contribution in [2.24, 2.45) is 5.92 Å². The van der Waals surface area contributed by atoms with Crippen molar-refractivity contribution in [2.45, 2.75) is 143 Å². The first-order valence-corrected chi connectivity index (χ1v) is 12.5. The summed E-state index contributed by atoms with van der Waals surface area (Å²) in [5.41, 5.74) is 0. The number of unbranched alkanes of at least 4 members (excludes halogenated alkanes) is 16. The van der Waals surface area contributed by atoms with Crippen molar-refractivity contribution in [3.8, 4) is 0 Å².